The largest absolute Gasteiger partial charge is 0.503 e. The summed E-state index contributed by atoms with van der Waals surface area (Å²) in [6.45, 7) is 0. The number of nitrogens with one attached hydrogen (secondary N) is 1. The number of fused-ring (bicyclic) bond motifs is 1. The third kappa shape index (κ3) is 2.80. The first kappa shape index (κ1) is 10.7. The Morgan fingerprint density at radius 1 is 1.13 bits per heavy atom. The third-order valence-electron chi connectivity index (χ3n) is 1.62. The molecular weight excluding hydrogens is 202 g/mol. The fraction of sp³-hybridized carbons (Fsp3) is 0. The molecule has 15 heavy (non-hydrogen) atoms. The van der Waals surface area contributed by atoms with Crippen molar-refractivity contribution >= 4 is 29.9 Å². The van der Waals surface area contributed by atoms with Gasteiger partial charge >= 0.3 is 6.16 Å². The van der Waals surface area contributed by atoms with E-state index < -0.39 is 17.7 Å². The Morgan fingerprint density at radius 3 is 2.27 bits per heavy atom. The highest BCUT2D eigenvalue weighted by molar-refractivity contribution is 6.57. The van der Waals surface area contributed by atoms with Crippen molar-refractivity contribution in [1.29, 1.82) is 0 Å². The average molecular weight is 209 g/mol. The van der Waals surface area contributed by atoms with Crippen molar-refractivity contribution in [2.45, 2.75) is 0 Å². The number of hydrogen-bond donors (Lipinski definition) is 3. The minimum absolute atomic E-state index is 0.447. The summed E-state index contributed by atoms with van der Waals surface area (Å²) in [4.78, 5) is 33.0. The minimum Gasteiger partial charge on any atom is -0.450 e. The zero-order valence-corrected chi connectivity index (χ0v) is 7.43. The van der Waals surface area contributed by atoms with Gasteiger partial charge in [0.15, 0.2) is 0 Å². The van der Waals surface area contributed by atoms with Crippen LogP contribution >= 0.6 is 0 Å². The van der Waals surface area contributed by atoms with Gasteiger partial charge in [0, 0.05) is 22.8 Å². The number of aromatic nitrogens is 1. The number of Topliss-reactive ketones (excluding diaryl/α,β-unsaturated/α-hetero) is 2. The van der Waals surface area contributed by atoms with Crippen LogP contribution in [0.4, 0.5) is 4.79 Å². The van der Waals surface area contributed by atoms with E-state index in [9.17, 15) is 9.59 Å². The molecule has 0 atom stereocenters. The normalized spacial score (nSPS) is 12.8. The number of aromatic amines is 1. The predicted molar refractivity (Wildman–Crippen MR) is 49.6 cm³/mol. The molecule has 0 saturated heterocycles. The van der Waals surface area contributed by atoms with E-state index in [4.69, 9.17) is 15.0 Å². The SMILES string of the molecule is O=C(O)O.O=C1C=c2cc[nH]c2=CC1=O. The van der Waals surface area contributed by atoms with E-state index >= 15 is 0 Å². The Hall–Kier alpha value is -2.37. The van der Waals surface area contributed by atoms with Gasteiger partial charge in [-0.25, -0.2) is 4.79 Å². The van der Waals surface area contributed by atoms with Crippen molar-refractivity contribution in [2.75, 3.05) is 0 Å². The first-order valence-corrected chi connectivity index (χ1v) is 3.87. The van der Waals surface area contributed by atoms with Gasteiger partial charge < -0.3 is 15.2 Å². The molecule has 1 aromatic rings. The zero-order valence-electron chi connectivity index (χ0n) is 7.43. The summed E-state index contributed by atoms with van der Waals surface area (Å²) < 4.78 is 0. The van der Waals surface area contributed by atoms with Gasteiger partial charge in [0.05, 0.1) is 0 Å². The van der Waals surface area contributed by atoms with Crippen LogP contribution in [0.3, 0.4) is 0 Å². The number of ketones is 2. The Bertz CT molecular complexity index is 480. The van der Waals surface area contributed by atoms with Crippen molar-refractivity contribution in [3.63, 3.8) is 0 Å². The highest BCUT2D eigenvalue weighted by Gasteiger charge is 2.11. The molecule has 3 N–H and O–H groups in total. The van der Waals surface area contributed by atoms with Crippen LogP contribution in [-0.2, 0) is 9.59 Å². The second-order valence-electron chi connectivity index (χ2n) is 2.65. The zero-order chi connectivity index (χ0) is 11.4. The van der Waals surface area contributed by atoms with Crippen LogP contribution in [-0.4, -0.2) is 32.9 Å². The van der Waals surface area contributed by atoms with Gasteiger partial charge in [0.1, 0.15) is 0 Å². The molecule has 0 radical (unpaired) electrons. The quantitative estimate of drug-likeness (QED) is 0.472. The van der Waals surface area contributed by atoms with E-state index in [2.05, 4.69) is 4.98 Å². The van der Waals surface area contributed by atoms with E-state index in [0.717, 1.165) is 10.6 Å². The van der Waals surface area contributed by atoms with Crippen LogP contribution in [0.2, 0.25) is 0 Å². The fourth-order valence-corrected chi connectivity index (χ4v) is 1.06. The van der Waals surface area contributed by atoms with Crippen molar-refractivity contribution in [2.24, 2.45) is 0 Å². The highest BCUT2D eigenvalue weighted by Crippen LogP contribution is 1.84. The van der Waals surface area contributed by atoms with Crippen LogP contribution in [0, 0.1) is 0 Å². The molecule has 6 nitrogen and oxygen atoms in total. The second-order valence-corrected chi connectivity index (χ2v) is 2.65. The first-order chi connectivity index (χ1) is 7.00. The fourth-order valence-electron chi connectivity index (χ4n) is 1.06. The molecule has 0 spiro atoms. The summed E-state index contributed by atoms with van der Waals surface area (Å²) in [5.41, 5.74) is 0. The molecule has 0 saturated carbocycles. The van der Waals surface area contributed by atoms with Crippen molar-refractivity contribution in [3.05, 3.63) is 22.8 Å². The lowest BCUT2D eigenvalue weighted by atomic mass is 10.1. The number of rotatable bonds is 0. The van der Waals surface area contributed by atoms with Crippen molar-refractivity contribution in [3.8, 4) is 0 Å². The van der Waals surface area contributed by atoms with Crippen LogP contribution < -0.4 is 10.6 Å². The first-order valence-electron chi connectivity index (χ1n) is 3.87. The van der Waals surface area contributed by atoms with Gasteiger partial charge in [-0.2, -0.15) is 0 Å². The maximum absolute atomic E-state index is 10.8. The van der Waals surface area contributed by atoms with Crippen molar-refractivity contribution in [1.82, 2.24) is 4.98 Å². The van der Waals surface area contributed by atoms with Crippen LogP contribution in [0.15, 0.2) is 12.3 Å². The molecule has 78 valence electrons. The van der Waals surface area contributed by atoms with Gasteiger partial charge in [-0.15, -0.1) is 0 Å². The summed E-state index contributed by atoms with van der Waals surface area (Å²) in [7, 11) is 0. The van der Waals surface area contributed by atoms with E-state index in [-0.39, 0.29) is 0 Å². The number of H-pyrrole nitrogens is 1. The molecular formula is C9H7NO5. The highest BCUT2D eigenvalue weighted by atomic mass is 16.6. The predicted octanol–water partition coefficient (Wildman–Crippen LogP) is -1.05. The van der Waals surface area contributed by atoms with Crippen LogP contribution in [0.1, 0.15) is 0 Å². The Balaban J connectivity index is 0.000000245. The summed E-state index contributed by atoms with van der Waals surface area (Å²) >= 11 is 0. The summed E-state index contributed by atoms with van der Waals surface area (Å²) in [6.07, 6.45) is 2.52. The number of hydrogen-bond acceptors (Lipinski definition) is 3. The standard InChI is InChI=1S/C8H5NO2.CH2O3/c10-7-3-5-1-2-9-6(5)4-8(7)11;2-1(3)4/h1-4,9H;(H2,2,3,4). The molecule has 0 fully saturated rings. The maximum Gasteiger partial charge on any atom is 0.503 e. The smallest absolute Gasteiger partial charge is 0.450 e. The van der Waals surface area contributed by atoms with E-state index in [1.807, 2.05) is 0 Å². The van der Waals surface area contributed by atoms with Gasteiger partial charge in [0.25, 0.3) is 0 Å². The van der Waals surface area contributed by atoms with E-state index in [0.29, 0.717) is 0 Å². The van der Waals surface area contributed by atoms with Gasteiger partial charge in [0.2, 0.25) is 11.6 Å². The van der Waals surface area contributed by atoms with Crippen LogP contribution in [0.5, 0.6) is 0 Å². The summed E-state index contributed by atoms with van der Waals surface area (Å²) in [5, 5.41) is 15.4. The van der Waals surface area contributed by atoms with Crippen LogP contribution in [0.25, 0.3) is 12.2 Å². The Labute approximate surface area is 83.2 Å². The molecule has 1 aromatic heterocycles. The van der Waals surface area contributed by atoms with Gasteiger partial charge in [-0.1, -0.05) is 0 Å². The monoisotopic (exact) mass is 209 g/mol. The lowest BCUT2D eigenvalue weighted by molar-refractivity contribution is -0.129. The van der Waals surface area contributed by atoms with E-state index in [1.54, 1.807) is 12.3 Å². The molecule has 0 aliphatic heterocycles. The second kappa shape index (κ2) is 4.23. The number of carboxylic acid groups (broad SMARTS) is 2. The third-order valence-corrected chi connectivity index (χ3v) is 1.62. The topological polar surface area (TPSA) is 107 Å². The molecule has 6 heteroatoms. The lowest BCUT2D eigenvalue weighted by Crippen LogP contribution is -2.31. The molecule has 0 aromatic carbocycles. The average Bonchev–Trinajstić information content (AvgIpc) is 2.51. The lowest BCUT2D eigenvalue weighted by Gasteiger charge is -1.90. The molecule has 1 aliphatic rings. The molecule has 1 heterocycles. The molecule has 2 rings (SSSR count). The minimum atomic E-state index is -1.83. The van der Waals surface area contributed by atoms with E-state index in [1.165, 1.54) is 12.2 Å². The number of carbonyl (C=O) groups excluding carboxylic acids is 2. The van der Waals surface area contributed by atoms with Gasteiger partial charge in [-0.3, -0.25) is 9.59 Å². The van der Waals surface area contributed by atoms with Crippen molar-refractivity contribution < 1.29 is 24.6 Å². The number of carbonyl (C=O) groups is 3. The maximum atomic E-state index is 10.8. The molecule has 0 amide bonds. The summed E-state index contributed by atoms with van der Waals surface area (Å²) in [6, 6.07) is 1.76. The summed E-state index contributed by atoms with van der Waals surface area (Å²) in [5.74, 6) is -0.906. The van der Waals surface area contributed by atoms with Gasteiger partial charge in [-0.05, 0) is 12.1 Å². The Morgan fingerprint density at radius 2 is 1.67 bits per heavy atom. The Kier molecular flexibility index (Phi) is 3.02. The molecule has 1 aliphatic carbocycles. The molecule has 0 unspecified atom stereocenters. The molecule has 0 bridgehead atoms.